The highest BCUT2D eigenvalue weighted by Crippen LogP contribution is 2.19. The number of hydrogen-bond acceptors (Lipinski definition) is 2. The Bertz CT molecular complexity index is 479. The van der Waals surface area contributed by atoms with E-state index in [0.717, 1.165) is 11.4 Å². The summed E-state index contributed by atoms with van der Waals surface area (Å²) in [5.41, 5.74) is 2.27. The molecule has 2 aromatic carbocycles. The molecule has 0 spiro atoms. The summed E-state index contributed by atoms with van der Waals surface area (Å²) in [4.78, 5) is 0. The minimum Gasteiger partial charge on any atom is -0.489 e. The molecule has 0 saturated heterocycles. The lowest BCUT2D eigenvalue weighted by Crippen LogP contribution is -2.09. The van der Waals surface area contributed by atoms with Crippen molar-refractivity contribution in [2.24, 2.45) is 0 Å². The van der Waals surface area contributed by atoms with Crippen LogP contribution in [0.25, 0.3) is 0 Å². The van der Waals surface area contributed by atoms with Crippen LogP contribution in [-0.4, -0.2) is 6.04 Å². The molecule has 0 aromatic heterocycles. The van der Waals surface area contributed by atoms with Crippen LogP contribution in [0.4, 0.5) is 5.69 Å². The first kappa shape index (κ1) is 12.5. The molecule has 0 bridgehead atoms. The second-order valence-electron chi connectivity index (χ2n) is 4.60. The second-order valence-corrected chi connectivity index (χ2v) is 4.60. The highest BCUT2D eigenvalue weighted by molar-refractivity contribution is 5.48. The van der Waals surface area contributed by atoms with E-state index in [1.54, 1.807) is 0 Å². The lowest BCUT2D eigenvalue weighted by Gasteiger charge is -2.12. The van der Waals surface area contributed by atoms with E-state index >= 15 is 0 Å². The molecule has 0 atom stereocenters. The van der Waals surface area contributed by atoms with Gasteiger partial charge in [-0.05, 0) is 31.5 Å². The van der Waals surface area contributed by atoms with Crippen molar-refractivity contribution < 1.29 is 4.74 Å². The minimum atomic E-state index is 0.425. The monoisotopic (exact) mass is 241 g/mol. The molecule has 0 aliphatic rings. The van der Waals surface area contributed by atoms with Crippen molar-refractivity contribution in [1.82, 2.24) is 0 Å². The molecule has 18 heavy (non-hydrogen) atoms. The van der Waals surface area contributed by atoms with E-state index in [-0.39, 0.29) is 0 Å². The summed E-state index contributed by atoms with van der Waals surface area (Å²) in [6.07, 6.45) is 0. The van der Waals surface area contributed by atoms with Gasteiger partial charge in [-0.1, -0.05) is 36.4 Å². The zero-order chi connectivity index (χ0) is 12.8. The van der Waals surface area contributed by atoms with Crippen LogP contribution < -0.4 is 10.1 Å². The number of ether oxygens (including phenoxy) is 1. The third-order valence-corrected chi connectivity index (χ3v) is 2.54. The maximum Gasteiger partial charge on any atom is 0.121 e. The summed E-state index contributed by atoms with van der Waals surface area (Å²) in [5, 5.41) is 3.36. The third-order valence-electron chi connectivity index (χ3n) is 2.54. The van der Waals surface area contributed by atoms with E-state index in [0.29, 0.717) is 12.6 Å². The molecule has 0 saturated carbocycles. The predicted molar refractivity (Wildman–Crippen MR) is 76.0 cm³/mol. The van der Waals surface area contributed by atoms with Gasteiger partial charge in [0.25, 0.3) is 0 Å². The Morgan fingerprint density at radius 2 is 1.78 bits per heavy atom. The molecule has 2 aromatic rings. The van der Waals surface area contributed by atoms with Gasteiger partial charge in [0.15, 0.2) is 0 Å². The number of nitrogens with one attached hydrogen (secondary N) is 1. The summed E-state index contributed by atoms with van der Waals surface area (Å²) < 4.78 is 5.77. The molecule has 1 N–H and O–H groups in total. The van der Waals surface area contributed by atoms with Crippen molar-refractivity contribution in [3.8, 4) is 5.75 Å². The fourth-order valence-corrected chi connectivity index (χ4v) is 1.75. The van der Waals surface area contributed by atoms with Gasteiger partial charge in [0, 0.05) is 17.8 Å². The molecule has 0 amide bonds. The number of rotatable bonds is 5. The van der Waals surface area contributed by atoms with Crippen LogP contribution in [0.15, 0.2) is 54.6 Å². The number of anilines is 1. The topological polar surface area (TPSA) is 21.3 Å². The second kappa shape index (κ2) is 6.10. The zero-order valence-corrected chi connectivity index (χ0v) is 10.9. The van der Waals surface area contributed by atoms with Crippen molar-refractivity contribution >= 4 is 5.69 Å². The first-order chi connectivity index (χ1) is 8.74. The van der Waals surface area contributed by atoms with Crippen molar-refractivity contribution in [3.63, 3.8) is 0 Å². The molecule has 94 valence electrons. The molecule has 0 aliphatic heterocycles. The van der Waals surface area contributed by atoms with Gasteiger partial charge >= 0.3 is 0 Å². The minimum absolute atomic E-state index is 0.425. The summed E-state index contributed by atoms with van der Waals surface area (Å²) in [6.45, 7) is 4.85. The largest absolute Gasteiger partial charge is 0.489 e. The molecule has 0 radical (unpaired) electrons. The molecule has 0 fully saturated rings. The van der Waals surface area contributed by atoms with Crippen molar-refractivity contribution in [2.45, 2.75) is 26.5 Å². The van der Waals surface area contributed by atoms with E-state index in [1.165, 1.54) is 5.56 Å². The fraction of sp³-hybridized carbons (Fsp3) is 0.250. The zero-order valence-electron chi connectivity index (χ0n) is 10.9. The van der Waals surface area contributed by atoms with E-state index in [2.05, 4.69) is 37.4 Å². The Morgan fingerprint density at radius 3 is 2.50 bits per heavy atom. The predicted octanol–water partition coefficient (Wildman–Crippen LogP) is 4.09. The Kier molecular flexibility index (Phi) is 4.24. The van der Waals surface area contributed by atoms with Gasteiger partial charge in [0.1, 0.15) is 12.4 Å². The van der Waals surface area contributed by atoms with Gasteiger partial charge in [-0.3, -0.25) is 0 Å². The molecule has 0 unspecified atom stereocenters. The smallest absolute Gasteiger partial charge is 0.121 e. The number of benzene rings is 2. The Labute approximate surface area is 109 Å². The van der Waals surface area contributed by atoms with Crippen LogP contribution in [0.3, 0.4) is 0 Å². The summed E-state index contributed by atoms with van der Waals surface area (Å²) in [7, 11) is 0. The van der Waals surface area contributed by atoms with Crippen molar-refractivity contribution in [2.75, 3.05) is 5.32 Å². The van der Waals surface area contributed by atoms with Gasteiger partial charge < -0.3 is 10.1 Å². The highest BCUT2D eigenvalue weighted by atomic mass is 16.5. The van der Waals surface area contributed by atoms with Crippen LogP contribution in [0.2, 0.25) is 0 Å². The van der Waals surface area contributed by atoms with Crippen LogP contribution in [0.1, 0.15) is 19.4 Å². The molecular formula is C16H19NO. The van der Waals surface area contributed by atoms with E-state index < -0.39 is 0 Å². The maximum absolute atomic E-state index is 5.77. The molecule has 2 heteroatoms. The SMILES string of the molecule is CC(C)Nc1cccc(OCc2ccccc2)c1. The first-order valence-corrected chi connectivity index (χ1v) is 6.27. The van der Waals surface area contributed by atoms with Crippen LogP contribution in [0.5, 0.6) is 5.75 Å². The molecule has 0 aliphatic carbocycles. The van der Waals surface area contributed by atoms with Crippen LogP contribution >= 0.6 is 0 Å². The van der Waals surface area contributed by atoms with Crippen LogP contribution in [-0.2, 0) is 6.61 Å². The van der Waals surface area contributed by atoms with Gasteiger partial charge in [-0.2, -0.15) is 0 Å². The summed E-state index contributed by atoms with van der Waals surface area (Å²) in [6, 6.07) is 18.7. The van der Waals surface area contributed by atoms with Gasteiger partial charge in [-0.25, -0.2) is 0 Å². The highest BCUT2D eigenvalue weighted by Gasteiger charge is 1.99. The standard InChI is InChI=1S/C16H19NO/c1-13(2)17-15-9-6-10-16(11-15)18-12-14-7-4-3-5-8-14/h3-11,13,17H,12H2,1-2H3. The van der Waals surface area contributed by atoms with Crippen molar-refractivity contribution in [3.05, 3.63) is 60.2 Å². The van der Waals surface area contributed by atoms with Crippen molar-refractivity contribution in [1.29, 1.82) is 0 Å². The van der Waals surface area contributed by atoms with Crippen LogP contribution in [0, 0.1) is 0 Å². The molecule has 0 heterocycles. The quantitative estimate of drug-likeness (QED) is 0.851. The van der Waals surface area contributed by atoms with Gasteiger partial charge in [0.2, 0.25) is 0 Å². The molecule has 2 rings (SSSR count). The Balaban J connectivity index is 1.97. The van der Waals surface area contributed by atoms with E-state index in [4.69, 9.17) is 4.74 Å². The average molecular weight is 241 g/mol. The average Bonchev–Trinajstić information content (AvgIpc) is 2.37. The summed E-state index contributed by atoms with van der Waals surface area (Å²) in [5.74, 6) is 0.893. The fourth-order valence-electron chi connectivity index (χ4n) is 1.75. The van der Waals surface area contributed by atoms with Gasteiger partial charge in [0.05, 0.1) is 0 Å². The Morgan fingerprint density at radius 1 is 1.00 bits per heavy atom. The maximum atomic E-state index is 5.77. The Hall–Kier alpha value is -1.96. The molecule has 2 nitrogen and oxygen atoms in total. The van der Waals surface area contributed by atoms with Gasteiger partial charge in [-0.15, -0.1) is 0 Å². The molecular weight excluding hydrogens is 222 g/mol. The lowest BCUT2D eigenvalue weighted by molar-refractivity contribution is 0.306. The lowest BCUT2D eigenvalue weighted by atomic mass is 10.2. The van der Waals surface area contributed by atoms with E-state index in [1.807, 2.05) is 36.4 Å². The van der Waals surface area contributed by atoms with E-state index in [9.17, 15) is 0 Å². The third kappa shape index (κ3) is 3.81. The number of hydrogen-bond donors (Lipinski definition) is 1. The normalized spacial score (nSPS) is 10.4. The summed E-state index contributed by atoms with van der Waals surface area (Å²) >= 11 is 0. The first-order valence-electron chi connectivity index (χ1n) is 6.27.